The van der Waals surface area contributed by atoms with E-state index < -0.39 is 5.97 Å². The third-order valence-electron chi connectivity index (χ3n) is 16.6. The van der Waals surface area contributed by atoms with Gasteiger partial charge >= 0.3 is 5.97 Å². The van der Waals surface area contributed by atoms with E-state index in [0.717, 1.165) is 55.2 Å². The maximum absolute atomic E-state index is 11.5. The Morgan fingerprint density at radius 3 is 2.15 bits per heavy atom. The summed E-state index contributed by atoms with van der Waals surface area (Å²) in [7, 11) is 0.500. The number of nitrogens with one attached hydrogen (secondary N) is 1. The fourth-order valence-corrected chi connectivity index (χ4v) is 14.7. The largest absolute Gasteiger partial charge is 0.481 e. The van der Waals surface area contributed by atoms with Crippen LogP contribution in [0.2, 0.25) is 0 Å². The standard InChI is InChI=1S/C35H55NO2.C7H14OS.C3H6.CH3F/c1-7-36-35-18-8-9-27(35)26-14-15-29-32(4)19-16-25(23-10-12-24(13-11-23)30(37)38)31(2,3)28(32)17-20-34(29,6)33(26,5)21-22-35;1-9-7-4-2-6(8)3-5-7;1-3-2;1-2/h10,16,24,26-29,36H,7-9,11-15,17-22H2,1-6H3,(H,37,38);6-8H,2-5H2,1H3;3H,1H2,2H3;1H3/t24?,26?,27?,28?,29?,32?,33-,34?,35?;;;/m1.../s1. The summed E-state index contributed by atoms with van der Waals surface area (Å²) in [6.07, 6.45) is 29.6. The zero-order valence-electron chi connectivity index (χ0n) is 34.8. The summed E-state index contributed by atoms with van der Waals surface area (Å²) in [5, 5.41) is 23.5. The Balaban J connectivity index is 0.000000368. The third kappa shape index (κ3) is 7.93. The summed E-state index contributed by atoms with van der Waals surface area (Å²) in [4.78, 5) is 11.5. The van der Waals surface area contributed by atoms with Crippen molar-refractivity contribution in [2.45, 2.75) is 175 Å². The lowest BCUT2D eigenvalue weighted by atomic mass is 9.33. The minimum Gasteiger partial charge on any atom is -0.481 e. The number of aliphatic carboxylic acids is 1. The number of allylic oxidation sites excluding steroid dienone is 5. The van der Waals surface area contributed by atoms with E-state index in [2.05, 4.69) is 71.8 Å². The second kappa shape index (κ2) is 17.8. The molecule has 0 radical (unpaired) electrons. The van der Waals surface area contributed by atoms with Gasteiger partial charge in [0.1, 0.15) is 0 Å². The van der Waals surface area contributed by atoms with Gasteiger partial charge in [-0.05, 0) is 179 Å². The lowest BCUT2D eigenvalue weighted by Gasteiger charge is -2.72. The van der Waals surface area contributed by atoms with Gasteiger partial charge in [-0.1, -0.05) is 66.2 Å². The number of rotatable bonds is 5. The molecule has 0 saturated heterocycles. The average Bonchev–Trinajstić information content (AvgIpc) is 3.54. The van der Waals surface area contributed by atoms with Gasteiger partial charge in [-0.3, -0.25) is 9.18 Å². The first-order valence-corrected chi connectivity index (χ1v) is 22.5. The number of halogens is 1. The van der Waals surface area contributed by atoms with Crippen molar-refractivity contribution in [3.8, 4) is 0 Å². The Labute approximate surface area is 323 Å². The van der Waals surface area contributed by atoms with Gasteiger partial charge in [0, 0.05) is 10.8 Å². The molecule has 5 saturated carbocycles. The Morgan fingerprint density at radius 2 is 1.58 bits per heavy atom. The van der Waals surface area contributed by atoms with Crippen LogP contribution in [0.3, 0.4) is 0 Å². The zero-order valence-corrected chi connectivity index (χ0v) is 35.6. The van der Waals surface area contributed by atoms with E-state index in [1.165, 1.54) is 82.6 Å². The minimum atomic E-state index is -0.622. The van der Waals surface area contributed by atoms with Crippen molar-refractivity contribution in [2.75, 3.05) is 20.0 Å². The van der Waals surface area contributed by atoms with E-state index in [1.54, 1.807) is 11.6 Å². The fourth-order valence-electron chi connectivity index (χ4n) is 14.0. The topological polar surface area (TPSA) is 69.6 Å². The van der Waals surface area contributed by atoms with Crippen molar-refractivity contribution in [1.29, 1.82) is 0 Å². The Bertz CT molecular complexity index is 1270. The van der Waals surface area contributed by atoms with Gasteiger partial charge in [0.15, 0.2) is 0 Å². The van der Waals surface area contributed by atoms with Gasteiger partial charge < -0.3 is 15.5 Å². The molecule has 4 nitrogen and oxygen atoms in total. The molecule has 7 aliphatic rings. The highest BCUT2D eigenvalue weighted by atomic mass is 32.2. The molecule has 8 unspecified atom stereocenters. The van der Waals surface area contributed by atoms with Gasteiger partial charge in [-0.2, -0.15) is 11.8 Å². The van der Waals surface area contributed by atoms with Crippen molar-refractivity contribution in [1.82, 2.24) is 5.32 Å². The SMILES string of the molecule is C=CC.CCNC12CCCC1C1CCC3C4(C)CC=C(C5=CCC(C(=O)O)CC5)C(C)(C)C4CCC3(C)[C@]1(C)CC2.CF.CSC1CCC(O)CC1. The number of carbonyl (C=O) groups is 1. The van der Waals surface area contributed by atoms with Crippen molar-refractivity contribution in [3.05, 3.63) is 36.0 Å². The number of carboxylic acids is 1. The number of thioether (sulfide) groups is 1. The highest BCUT2D eigenvalue weighted by molar-refractivity contribution is 7.99. The Morgan fingerprint density at radius 1 is 0.904 bits per heavy atom. The molecule has 3 N–H and O–H groups in total. The number of fused-ring (bicyclic) bond motifs is 7. The van der Waals surface area contributed by atoms with Crippen LogP contribution >= 0.6 is 11.8 Å². The molecule has 0 aromatic rings. The molecule has 0 aromatic heterocycles. The van der Waals surface area contributed by atoms with Crippen LogP contribution in [-0.2, 0) is 4.79 Å². The average molecular weight is 744 g/mol. The molecule has 5 fully saturated rings. The van der Waals surface area contributed by atoms with E-state index >= 15 is 0 Å². The molecule has 0 bridgehead atoms. The normalized spacial score (nSPS) is 42.9. The highest BCUT2D eigenvalue weighted by Crippen LogP contribution is 2.76. The van der Waals surface area contributed by atoms with Crippen molar-refractivity contribution in [2.24, 2.45) is 51.2 Å². The molecule has 0 heterocycles. The highest BCUT2D eigenvalue weighted by Gasteiger charge is 2.69. The molecule has 0 aromatic carbocycles. The lowest BCUT2D eigenvalue weighted by molar-refractivity contribution is -0.218. The molecule has 6 heteroatoms. The molecular weight excluding hydrogens is 666 g/mol. The van der Waals surface area contributed by atoms with E-state index in [0.29, 0.717) is 41.3 Å². The summed E-state index contributed by atoms with van der Waals surface area (Å²) in [5.41, 5.74) is 4.87. The summed E-state index contributed by atoms with van der Waals surface area (Å²) < 4.78 is 9.50. The fraction of sp³-hybridized carbons (Fsp3) is 0.848. The molecule has 7 rings (SSSR count). The van der Waals surface area contributed by atoms with Gasteiger partial charge in [-0.15, -0.1) is 6.58 Å². The van der Waals surface area contributed by atoms with Gasteiger partial charge in [0.05, 0.1) is 19.2 Å². The molecule has 0 spiro atoms. The van der Waals surface area contributed by atoms with Crippen LogP contribution in [0.15, 0.2) is 36.0 Å². The first kappa shape index (κ1) is 43.6. The minimum absolute atomic E-state index is 0.00778. The van der Waals surface area contributed by atoms with Crippen LogP contribution in [0, 0.1) is 51.2 Å². The van der Waals surface area contributed by atoms with Gasteiger partial charge in [0.2, 0.25) is 0 Å². The third-order valence-corrected chi connectivity index (χ3v) is 17.7. The van der Waals surface area contributed by atoms with E-state index in [1.807, 2.05) is 18.7 Å². The van der Waals surface area contributed by atoms with Crippen LogP contribution in [0.1, 0.15) is 158 Å². The van der Waals surface area contributed by atoms with Crippen LogP contribution in [0.25, 0.3) is 0 Å². The molecule has 9 atom stereocenters. The summed E-state index contributed by atoms with van der Waals surface area (Å²) >= 11 is 1.94. The van der Waals surface area contributed by atoms with Crippen LogP contribution in [0.5, 0.6) is 0 Å². The number of hydrogen-bond donors (Lipinski definition) is 3. The first-order valence-electron chi connectivity index (χ1n) is 21.2. The van der Waals surface area contributed by atoms with Gasteiger partial charge in [-0.25, -0.2) is 0 Å². The molecule has 298 valence electrons. The lowest BCUT2D eigenvalue weighted by Crippen LogP contribution is -2.67. The molecular formula is C46H78FNO3S. The monoisotopic (exact) mass is 744 g/mol. The summed E-state index contributed by atoms with van der Waals surface area (Å²) in [5.74, 6) is 2.47. The van der Waals surface area contributed by atoms with E-state index in [9.17, 15) is 14.3 Å². The predicted octanol–water partition coefficient (Wildman–Crippen LogP) is 12.0. The maximum atomic E-state index is 11.5. The molecule has 0 amide bonds. The number of aliphatic hydroxyl groups excluding tert-OH is 1. The molecule has 7 aliphatic carbocycles. The van der Waals surface area contributed by atoms with Gasteiger partial charge in [0.25, 0.3) is 0 Å². The number of aliphatic hydroxyl groups is 1. The quantitative estimate of drug-likeness (QED) is 0.245. The number of hydrogen-bond acceptors (Lipinski definition) is 4. The van der Waals surface area contributed by atoms with Crippen molar-refractivity contribution in [3.63, 3.8) is 0 Å². The predicted molar refractivity (Wildman–Crippen MR) is 220 cm³/mol. The van der Waals surface area contributed by atoms with Crippen LogP contribution < -0.4 is 5.32 Å². The zero-order chi connectivity index (χ0) is 38.5. The molecule has 52 heavy (non-hydrogen) atoms. The second-order valence-corrected chi connectivity index (χ2v) is 20.1. The smallest absolute Gasteiger partial charge is 0.306 e. The summed E-state index contributed by atoms with van der Waals surface area (Å²) in [6, 6.07) is 0. The van der Waals surface area contributed by atoms with Crippen LogP contribution in [-0.4, -0.2) is 53.1 Å². The van der Waals surface area contributed by atoms with Crippen LogP contribution in [0.4, 0.5) is 4.39 Å². The number of alkyl halides is 1. The second-order valence-electron chi connectivity index (χ2n) is 19.0. The van der Waals surface area contributed by atoms with Crippen molar-refractivity contribution < 1.29 is 19.4 Å². The molecule has 0 aliphatic heterocycles. The first-order chi connectivity index (χ1) is 24.7. The Kier molecular flexibility index (Phi) is 14.9. The van der Waals surface area contributed by atoms with E-state index in [-0.39, 0.29) is 17.4 Å². The Hall–Kier alpha value is -1.11. The maximum Gasteiger partial charge on any atom is 0.306 e. The van der Waals surface area contributed by atoms with Crippen molar-refractivity contribution >= 4 is 17.7 Å². The number of carboxylic acid groups (broad SMARTS) is 1. The summed E-state index contributed by atoms with van der Waals surface area (Å²) in [6.45, 7) is 22.0. The van der Waals surface area contributed by atoms with E-state index in [4.69, 9.17) is 5.11 Å².